The highest BCUT2D eigenvalue weighted by Crippen LogP contribution is 2.37. The Morgan fingerprint density at radius 3 is 2.61 bits per heavy atom. The largest absolute Gasteiger partial charge is 0.493 e. The van der Waals surface area contributed by atoms with E-state index in [0.717, 1.165) is 0 Å². The molecule has 3 unspecified atom stereocenters. The number of aldehydes is 1. The number of amides is 2. The second-order valence-electron chi connectivity index (χ2n) is 9.17. The van der Waals surface area contributed by atoms with Crippen LogP contribution in [-0.4, -0.2) is 85.4 Å². The van der Waals surface area contributed by atoms with E-state index in [-0.39, 0.29) is 62.1 Å². The van der Waals surface area contributed by atoms with Crippen LogP contribution in [0, 0.1) is 3.57 Å². The number of halogens is 3. The standard InChI is InChI=1S/C28H31Cl2IN2O8/c1-39-8-5-25(36)33(14-17-3-4-19(29)13-20(17)30)22-11-18(28(38)32-6-7-34)12-23(26(22)37)41-27-21(31)9-16(15-35)10-24(27)40-2/h3-4,9-10,12-13,15,22-23,26,34,37H,5-8,11,14H2,1-2H3,(H,32,38). The number of hydrogen-bond acceptors (Lipinski definition) is 8. The maximum Gasteiger partial charge on any atom is 0.247 e. The molecular formula is C28H31Cl2IN2O8. The van der Waals surface area contributed by atoms with Crippen LogP contribution in [0.1, 0.15) is 28.8 Å². The van der Waals surface area contributed by atoms with Crippen molar-refractivity contribution in [1.82, 2.24) is 10.2 Å². The van der Waals surface area contributed by atoms with Gasteiger partial charge in [0.1, 0.15) is 18.5 Å². The summed E-state index contributed by atoms with van der Waals surface area (Å²) in [5.74, 6) is -0.293. The van der Waals surface area contributed by atoms with Gasteiger partial charge in [-0.15, -0.1) is 0 Å². The molecule has 0 spiro atoms. The molecule has 0 aliphatic heterocycles. The van der Waals surface area contributed by atoms with Crippen LogP contribution in [-0.2, 0) is 20.9 Å². The zero-order chi connectivity index (χ0) is 30.1. The predicted octanol–water partition coefficient (Wildman–Crippen LogP) is 3.40. The van der Waals surface area contributed by atoms with Crippen LogP contribution < -0.4 is 14.8 Å². The van der Waals surface area contributed by atoms with Gasteiger partial charge in [-0.1, -0.05) is 29.3 Å². The van der Waals surface area contributed by atoms with E-state index in [2.05, 4.69) is 5.32 Å². The SMILES string of the molecule is COCCC(=O)N(Cc1ccc(Cl)cc1Cl)C1CC(C(=O)NCCO)=CC(Oc2c(I)cc(C=O)cc2OC)C1O. The molecule has 0 heterocycles. The summed E-state index contributed by atoms with van der Waals surface area (Å²) in [6, 6.07) is 7.09. The summed E-state index contributed by atoms with van der Waals surface area (Å²) in [6.45, 7) is -0.0805. The topological polar surface area (TPSA) is 135 Å². The molecule has 2 amide bonds. The van der Waals surface area contributed by atoms with Crippen LogP contribution in [0.25, 0.3) is 0 Å². The molecule has 1 aliphatic rings. The third-order valence-electron chi connectivity index (χ3n) is 6.45. The number of nitrogens with zero attached hydrogens (tertiary/aromatic N) is 1. The highest BCUT2D eigenvalue weighted by Gasteiger charge is 2.41. The lowest BCUT2D eigenvalue weighted by Crippen LogP contribution is -2.55. The first-order valence-electron chi connectivity index (χ1n) is 12.6. The van der Waals surface area contributed by atoms with Crippen molar-refractivity contribution in [2.75, 3.05) is 34.0 Å². The Labute approximate surface area is 261 Å². The number of aliphatic hydroxyl groups excluding tert-OH is 2. The summed E-state index contributed by atoms with van der Waals surface area (Å²) >= 11 is 14.5. The molecule has 3 N–H and O–H groups in total. The summed E-state index contributed by atoms with van der Waals surface area (Å²) in [7, 11) is 2.90. The number of ether oxygens (including phenoxy) is 3. The molecule has 10 nitrogen and oxygen atoms in total. The number of nitrogens with one attached hydrogen (secondary N) is 1. The van der Waals surface area contributed by atoms with Crippen LogP contribution in [0.4, 0.5) is 0 Å². The minimum absolute atomic E-state index is 0.000522. The molecule has 0 aromatic heterocycles. The van der Waals surface area contributed by atoms with E-state index in [9.17, 15) is 24.6 Å². The second-order valence-corrected chi connectivity index (χ2v) is 11.2. The second kappa shape index (κ2) is 15.7. The highest BCUT2D eigenvalue weighted by molar-refractivity contribution is 14.1. The normalized spacial score (nSPS) is 18.3. The number of benzene rings is 2. The fourth-order valence-corrected chi connectivity index (χ4v) is 5.62. The average molecular weight is 721 g/mol. The van der Waals surface area contributed by atoms with E-state index in [1.54, 1.807) is 24.3 Å². The van der Waals surface area contributed by atoms with Crippen LogP contribution in [0.3, 0.4) is 0 Å². The molecule has 0 radical (unpaired) electrons. The first kappa shape index (κ1) is 33.1. The van der Waals surface area contributed by atoms with E-state index < -0.39 is 24.2 Å². The van der Waals surface area contributed by atoms with E-state index >= 15 is 0 Å². The maximum atomic E-state index is 13.5. The van der Waals surface area contributed by atoms with Crippen LogP contribution in [0.15, 0.2) is 42.0 Å². The Balaban J connectivity index is 2.06. The average Bonchev–Trinajstić information content (AvgIpc) is 2.96. The molecule has 3 rings (SSSR count). The lowest BCUT2D eigenvalue weighted by Gasteiger charge is -2.41. The summed E-state index contributed by atoms with van der Waals surface area (Å²) < 4.78 is 17.3. The minimum Gasteiger partial charge on any atom is -0.493 e. The van der Waals surface area contributed by atoms with Gasteiger partial charge in [0.2, 0.25) is 11.8 Å². The Morgan fingerprint density at radius 1 is 1.22 bits per heavy atom. The van der Waals surface area contributed by atoms with Crippen molar-refractivity contribution in [3.8, 4) is 11.5 Å². The molecule has 1 aliphatic carbocycles. The van der Waals surface area contributed by atoms with Crippen molar-refractivity contribution in [2.24, 2.45) is 0 Å². The molecule has 13 heteroatoms. The molecule has 2 aromatic carbocycles. The molecule has 222 valence electrons. The lowest BCUT2D eigenvalue weighted by molar-refractivity contribution is -0.140. The van der Waals surface area contributed by atoms with Gasteiger partial charge in [0.25, 0.3) is 0 Å². The van der Waals surface area contributed by atoms with E-state index in [1.807, 2.05) is 22.6 Å². The third-order valence-corrected chi connectivity index (χ3v) is 7.84. The number of rotatable bonds is 13. The van der Waals surface area contributed by atoms with E-state index in [1.165, 1.54) is 31.3 Å². The van der Waals surface area contributed by atoms with Gasteiger partial charge in [-0.2, -0.15) is 0 Å². The first-order valence-corrected chi connectivity index (χ1v) is 14.5. The lowest BCUT2D eigenvalue weighted by atomic mass is 9.87. The highest BCUT2D eigenvalue weighted by atomic mass is 127. The van der Waals surface area contributed by atoms with Crippen molar-refractivity contribution in [1.29, 1.82) is 0 Å². The van der Waals surface area contributed by atoms with E-state index in [0.29, 0.717) is 31.0 Å². The van der Waals surface area contributed by atoms with E-state index in [4.69, 9.17) is 37.4 Å². The van der Waals surface area contributed by atoms with Gasteiger partial charge in [0.05, 0.1) is 36.4 Å². The van der Waals surface area contributed by atoms with Crippen molar-refractivity contribution >= 4 is 63.9 Å². The Morgan fingerprint density at radius 2 is 1.98 bits per heavy atom. The van der Waals surface area contributed by atoms with Crippen molar-refractivity contribution in [3.05, 3.63) is 66.7 Å². The molecule has 41 heavy (non-hydrogen) atoms. The fourth-order valence-electron chi connectivity index (χ4n) is 4.39. The van der Waals surface area contributed by atoms with Gasteiger partial charge < -0.3 is 34.6 Å². The summed E-state index contributed by atoms with van der Waals surface area (Å²) in [5.41, 5.74) is 1.21. The predicted molar refractivity (Wildman–Crippen MR) is 162 cm³/mol. The van der Waals surface area contributed by atoms with Gasteiger partial charge in [0.15, 0.2) is 11.5 Å². The molecule has 0 saturated carbocycles. The zero-order valence-electron chi connectivity index (χ0n) is 22.4. The summed E-state index contributed by atoms with van der Waals surface area (Å²) in [4.78, 5) is 39.3. The zero-order valence-corrected chi connectivity index (χ0v) is 26.1. The smallest absolute Gasteiger partial charge is 0.247 e. The van der Waals surface area contributed by atoms with Gasteiger partial charge >= 0.3 is 0 Å². The summed E-state index contributed by atoms with van der Waals surface area (Å²) in [6.07, 6.45) is -0.190. The van der Waals surface area contributed by atoms with Crippen molar-refractivity contribution < 1.29 is 38.8 Å². The molecular weight excluding hydrogens is 690 g/mol. The quantitative estimate of drug-likeness (QED) is 0.212. The summed E-state index contributed by atoms with van der Waals surface area (Å²) in [5, 5.41) is 24.2. The number of methoxy groups -OCH3 is 2. The van der Waals surface area contributed by atoms with Crippen LogP contribution in [0.5, 0.6) is 11.5 Å². The number of carbonyl (C=O) groups excluding carboxylic acids is 3. The molecule has 0 bridgehead atoms. The Kier molecular flexibility index (Phi) is 12.7. The maximum absolute atomic E-state index is 13.5. The van der Waals surface area contributed by atoms with Gasteiger partial charge in [0, 0.05) is 47.8 Å². The number of aliphatic hydroxyl groups is 2. The Hall–Kier alpha value is -2.42. The molecule has 0 saturated heterocycles. The fraction of sp³-hybridized carbons (Fsp3) is 0.393. The minimum atomic E-state index is -1.28. The first-order chi connectivity index (χ1) is 19.6. The molecule has 0 fully saturated rings. The Bertz CT molecular complexity index is 1290. The number of carbonyl (C=O) groups is 3. The third kappa shape index (κ3) is 8.55. The number of hydrogen-bond donors (Lipinski definition) is 3. The van der Waals surface area contributed by atoms with Crippen molar-refractivity contribution in [2.45, 2.75) is 37.6 Å². The van der Waals surface area contributed by atoms with Crippen molar-refractivity contribution in [3.63, 3.8) is 0 Å². The van der Waals surface area contributed by atoms with Crippen LogP contribution in [0.2, 0.25) is 10.0 Å². The van der Waals surface area contributed by atoms with Gasteiger partial charge in [-0.05, 0) is 58.5 Å². The molecule has 3 atom stereocenters. The monoisotopic (exact) mass is 720 g/mol. The van der Waals surface area contributed by atoms with Gasteiger partial charge in [-0.25, -0.2) is 0 Å². The van der Waals surface area contributed by atoms with Crippen LogP contribution >= 0.6 is 45.8 Å². The van der Waals surface area contributed by atoms with Gasteiger partial charge in [-0.3, -0.25) is 14.4 Å². The molecule has 2 aromatic rings.